The quantitative estimate of drug-likeness (QED) is 0.924. The van der Waals surface area contributed by atoms with E-state index in [2.05, 4.69) is 0 Å². The molecule has 5 nitrogen and oxygen atoms in total. The second-order valence-electron chi connectivity index (χ2n) is 5.79. The predicted molar refractivity (Wildman–Crippen MR) is 75.6 cm³/mol. The molecule has 1 aliphatic heterocycles. The summed E-state index contributed by atoms with van der Waals surface area (Å²) in [5, 5.41) is 9.03. The van der Waals surface area contributed by atoms with Crippen LogP contribution in [-0.4, -0.2) is 34.7 Å². The van der Waals surface area contributed by atoms with Gasteiger partial charge in [0, 0.05) is 12.6 Å². The van der Waals surface area contributed by atoms with Gasteiger partial charge in [-0.3, -0.25) is 4.79 Å². The summed E-state index contributed by atoms with van der Waals surface area (Å²) in [6.07, 6.45) is 2.17. The van der Waals surface area contributed by atoms with Crippen LogP contribution in [0.2, 0.25) is 0 Å². The minimum Gasteiger partial charge on any atom is -0.481 e. The molecule has 1 amide bonds. The number of benzene rings is 1. The molecule has 1 unspecified atom stereocenters. The molecule has 1 N–H and O–H groups in total. The van der Waals surface area contributed by atoms with E-state index >= 15 is 0 Å². The van der Waals surface area contributed by atoms with Crippen LogP contribution in [0.4, 0.5) is 4.79 Å². The number of nitrogens with zero attached hydrogens (tertiary/aromatic N) is 1. The number of carbonyl (C=O) groups excluding carboxylic acids is 1. The van der Waals surface area contributed by atoms with Gasteiger partial charge in [-0.2, -0.15) is 0 Å². The summed E-state index contributed by atoms with van der Waals surface area (Å²) in [6.45, 7) is 0.928. The van der Waals surface area contributed by atoms with Crippen LogP contribution < -0.4 is 0 Å². The maximum Gasteiger partial charge on any atom is 0.410 e. The van der Waals surface area contributed by atoms with Crippen LogP contribution >= 0.6 is 0 Å². The number of hydrogen-bond acceptors (Lipinski definition) is 3. The third-order valence-electron chi connectivity index (χ3n) is 4.39. The lowest BCUT2D eigenvalue weighted by atomic mass is 10.1. The molecular weight excluding hydrogens is 270 g/mol. The second-order valence-corrected chi connectivity index (χ2v) is 5.79. The number of carbonyl (C=O) groups is 2. The fourth-order valence-corrected chi connectivity index (χ4v) is 3.19. The van der Waals surface area contributed by atoms with Gasteiger partial charge in [-0.1, -0.05) is 30.3 Å². The third kappa shape index (κ3) is 3.01. The van der Waals surface area contributed by atoms with E-state index in [1.54, 1.807) is 4.90 Å². The Kier molecular flexibility index (Phi) is 3.82. The minimum absolute atomic E-state index is 0.0365. The van der Waals surface area contributed by atoms with Crippen LogP contribution in [0.15, 0.2) is 30.3 Å². The molecule has 2 aliphatic rings. The van der Waals surface area contributed by atoms with Crippen molar-refractivity contribution in [3.63, 3.8) is 0 Å². The molecule has 0 radical (unpaired) electrons. The first-order chi connectivity index (χ1) is 10.2. The molecule has 0 aromatic heterocycles. The zero-order chi connectivity index (χ0) is 14.8. The SMILES string of the molecule is O=C(O)[C@@H]1C[C@H]1C1CCCN1C(=O)OCc1ccccc1. The van der Waals surface area contributed by atoms with Gasteiger partial charge in [-0.05, 0) is 30.7 Å². The number of aliphatic carboxylic acids is 1. The molecule has 0 spiro atoms. The van der Waals surface area contributed by atoms with Crippen molar-refractivity contribution in [1.29, 1.82) is 0 Å². The number of carboxylic acid groups (broad SMARTS) is 1. The number of amides is 1. The van der Waals surface area contributed by atoms with Crippen LogP contribution in [0.3, 0.4) is 0 Å². The van der Waals surface area contributed by atoms with E-state index in [1.807, 2.05) is 30.3 Å². The Hall–Kier alpha value is -2.04. The molecule has 1 saturated carbocycles. The van der Waals surface area contributed by atoms with Gasteiger partial charge in [0.05, 0.1) is 5.92 Å². The molecular formula is C16H19NO4. The van der Waals surface area contributed by atoms with Crippen LogP contribution in [0.25, 0.3) is 0 Å². The summed E-state index contributed by atoms with van der Waals surface area (Å²) in [5.74, 6) is -0.920. The number of rotatable bonds is 4. The van der Waals surface area contributed by atoms with Crippen molar-refractivity contribution in [2.75, 3.05) is 6.54 Å². The fourth-order valence-electron chi connectivity index (χ4n) is 3.19. The van der Waals surface area contributed by atoms with E-state index < -0.39 is 5.97 Å². The smallest absolute Gasteiger partial charge is 0.410 e. The Morgan fingerprint density at radius 2 is 2.05 bits per heavy atom. The molecule has 1 aliphatic carbocycles. The highest BCUT2D eigenvalue weighted by Crippen LogP contribution is 2.46. The lowest BCUT2D eigenvalue weighted by Gasteiger charge is -2.24. The summed E-state index contributed by atoms with van der Waals surface area (Å²) in [7, 11) is 0. The highest BCUT2D eigenvalue weighted by Gasteiger charge is 2.51. The molecule has 0 bridgehead atoms. The van der Waals surface area contributed by atoms with Gasteiger partial charge in [0.15, 0.2) is 0 Å². The first-order valence-corrected chi connectivity index (χ1v) is 7.37. The van der Waals surface area contributed by atoms with Crippen LogP contribution in [0, 0.1) is 11.8 Å². The minimum atomic E-state index is -0.746. The van der Waals surface area contributed by atoms with E-state index in [4.69, 9.17) is 9.84 Å². The molecule has 1 aromatic rings. The highest BCUT2D eigenvalue weighted by molar-refractivity contribution is 5.74. The molecule has 112 valence electrons. The number of ether oxygens (including phenoxy) is 1. The highest BCUT2D eigenvalue weighted by atomic mass is 16.6. The van der Waals surface area contributed by atoms with E-state index in [1.165, 1.54) is 0 Å². The zero-order valence-electron chi connectivity index (χ0n) is 11.8. The summed E-state index contributed by atoms with van der Waals surface area (Å²) in [4.78, 5) is 24.9. The second kappa shape index (κ2) is 5.76. The fraction of sp³-hybridized carbons (Fsp3) is 0.500. The van der Waals surface area contributed by atoms with Crippen LogP contribution in [0.1, 0.15) is 24.8 Å². The van der Waals surface area contributed by atoms with Crippen molar-refractivity contribution in [3.8, 4) is 0 Å². The molecule has 1 aromatic carbocycles. The van der Waals surface area contributed by atoms with E-state index in [0.29, 0.717) is 13.0 Å². The molecule has 2 fully saturated rings. The summed E-state index contributed by atoms with van der Waals surface area (Å²) in [5.41, 5.74) is 0.955. The van der Waals surface area contributed by atoms with Gasteiger partial charge in [-0.25, -0.2) is 4.79 Å². The number of hydrogen-bond donors (Lipinski definition) is 1. The van der Waals surface area contributed by atoms with E-state index in [0.717, 1.165) is 18.4 Å². The zero-order valence-corrected chi connectivity index (χ0v) is 11.8. The number of carboxylic acids is 1. The molecule has 5 heteroatoms. The molecule has 21 heavy (non-hydrogen) atoms. The van der Waals surface area contributed by atoms with Crippen molar-refractivity contribution in [3.05, 3.63) is 35.9 Å². The third-order valence-corrected chi connectivity index (χ3v) is 4.39. The van der Waals surface area contributed by atoms with Crippen molar-refractivity contribution < 1.29 is 19.4 Å². The molecule has 1 saturated heterocycles. The van der Waals surface area contributed by atoms with Gasteiger partial charge < -0.3 is 14.7 Å². The summed E-state index contributed by atoms with van der Waals surface area (Å²) >= 11 is 0. The first-order valence-electron chi connectivity index (χ1n) is 7.37. The Morgan fingerprint density at radius 3 is 2.71 bits per heavy atom. The lowest BCUT2D eigenvalue weighted by Crippen LogP contribution is -2.37. The van der Waals surface area contributed by atoms with Crippen molar-refractivity contribution in [1.82, 2.24) is 4.90 Å². The van der Waals surface area contributed by atoms with Gasteiger partial charge in [0.1, 0.15) is 6.61 Å². The summed E-state index contributed by atoms with van der Waals surface area (Å²) in [6, 6.07) is 9.59. The standard InChI is InChI=1S/C16H19NO4/c18-15(19)13-9-12(13)14-7-4-8-17(14)16(20)21-10-11-5-2-1-3-6-11/h1-3,5-6,12-14H,4,7-10H2,(H,18,19)/t12-,13-,14?/m1/s1. The monoisotopic (exact) mass is 289 g/mol. The Bertz CT molecular complexity index is 530. The van der Waals surface area contributed by atoms with E-state index in [-0.39, 0.29) is 30.6 Å². The van der Waals surface area contributed by atoms with Crippen LogP contribution in [0.5, 0.6) is 0 Å². The predicted octanol–water partition coefficient (Wildman–Crippen LogP) is 2.51. The van der Waals surface area contributed by atoms with Crippen molar-refractivity contribution in [2.45, 2.75) is 31.9 Å². The molecule has 3 atom stereocenters. The van der Waals surface area contributed by atoms with Gasteiger partial charge in [-0.15, -0.1) is 0 Å². The Labute approximate surface area is 123 Å². The largest absolute Gasteiger partial charge is 0.481 e. The van der Waals surface area contributed by atoms with Crippen molar-refractivity contribution >= 4 is 12.1 Å². The normalized spacial score (nSPS) is 27.4. The average molecular weight is 289 g/mol. The Balaban J connectivity index is 1.55. The lowest BCUT2D eigenvalue weighted by molar-refractivity contribution is -0.139. The Morgan fingerprint density at radius 1 is 1.29 bits per heavy atom. The molecule has 1 heterocycles. The van der Waals surface area contributed by atoms with Gasteiger partial charge in [0.25, 0.3) is 0 Å². The topological polar surface area (TPSA) is 66.8 Å². The maximum absolute atomic E-state index is 12.2. The van der Waals surface area contributed by atoms with Gasteiger partial charge in [0.2, 0.25) is 0 Å². The summed E-state index contributed by atoms with van der Waals surface area (Å²) < 4.78 is 5.36. The number of likely N-dealkylation sites (tertiary alicyclic amines) is 1. The average Bonchev–Trinajstić information content (AvgIpc) is 3.15. The van der Waals surface area contributed by atoms with Crippen molar-refractivity contribution in [2.24, 2.45) is 11.8 Å². The van der Waals surface area contributed by atoms with E-state index in [9.17, 15) is 9.59 Å². The van der Waals surface area contributed by atoms with Crippen LogP contribution in [-0.2, 0) is 16.1 Å². The molecule has 3 rings (SSSR count). The maximum atomic E-state index is 12.2. The van der Waals surface area contributed by atoms with Gasteiger partial charge >= 0.3 is 12.1 Å². The first kappa shape index (κ1) is 13.9.